The average molecular weight is 284 g/mol. The quantitative estimate of drug-likeness (QED) is 0.770. The summed E-state index contributed by atoms with van der Waals surface area (Å²) >= 11 is 0. The molecule has 2 heterocycles. The van der Waals surface area contributed by atoms with Crippen LogP contribution in [0, 0.1) is 6.92 Å². The number of rotatable bonds is 4. The molecule has 5 heteroatoms. The van der Waals surface area contributed by atoms with E-state index >= 15 is 0 Å². The molecule has 0 saturated heterocycles. The first-order valence-corrected chi connectivity index (χ1v) is 6.88. The largest absolute Gasteiger partial charge is 0.481 e. The Morgan fingerprint density at radius 3 is 2.86 bits per heavy atom. The van der Waals surface area contributed by atoms with Crippen LogP contribution in [0.2, 0.25) is 0 Å². The first-order valence-electron chi connectivity index (χ1n) is 6.88. The van der Waals surface area contributed by atoms with Gasteiger partial charge in [-0.2, -0.15) is 0 Å². The number of fused-ring (bicyclic) bond motifs is 1. The van der Waals surface area contributed by atoms with Crippen LogP contribution in [0.4, 0.5) is 0 Å². The van der Waals surface area contributed by atoms with E-state index in [1.54, 1.807) is 0 Å². The zero-order chi connectivity index (χ0) is 15.0. The van der Waals surface area contributed by atoms with Crippen molar-refractivity contribution in [1.29, 1.82) is 0 Å². The Bertz CT molecular complexity index is 814. The van der Waals surface area contributed by atoms with Gasteiger partial charge >= 0.3 is 5.97 Å². The third-order valence-corrected chi connectivity index (χ3v) is 3.66. The molecule has 0 aliphatic carbocycles. The van der Waals surface area contributed by atoms with E-state index in [9.17, 15) is 9.90 Å². The number of benzene rings is 1. The first kappa shape index (κ1) is 13.4. The highest BCUT2D eigenvalue weighted by Crippen LogP contribution is 2.34. The summed E-state index contributed by atoms with van der Waals surface area (Å²) in [6.07, 6.45) is 0.696. The van der Waals surface area contributed by atoms with Crippen LogP contribution in [0.15, 0.2) is 28.8 Å². The molecule has 0 spiro atoms. The van der Waals surface area contributed by atoms with Crippen molar-refractivity contribution in [2.45, 2.75) is 26.7 Å². The molecular weight excluding hydrogens is 268 g/mol. The summed E-state index contributed by atoms with van der Waals surface area (Å²) in [5.74, 6) is -0.154. The highest BCUT2D eigenvalue weighted by molar-refractivity contribution is 5.94. The number of hydrogen-bond acceptors (Lipinski definition) is 3. The number of aromatic nitrogens is 2. The second kappa shape index (κ2) is 5.09. The van der Waals surface area contributed by atoms with Gasteiger partial charge in [0.2, 0.25) is 0 Å². The van der Waals surface area contributed by atoms with Crippen LogP contribution in [0.1, 0.15) is 23.9 Å². The number of aromatic amines is 1. The van der Waals surface area contributed by atoms with Crippen LogP contribution < -0.4 is 0 Å². The fourth-order valence-corrected chi connectivity index (χ4v) is 2.73. The van der Waals surface area contributed by atoms with E-state index in [0.717, 1.165) is 39.8 Å². The Balaban J connectivity index is 2.30. The Hall–Kier alpha value is -2.56. The van der Waals surface area contributed by atoms with E-state index in [1.807, 2.05) is 38.1 Å². The van der Waals surface area contributed by atoms with Crippen molar-refractivity contribution in [3.63, 3.8) is 0 Å². The molecule has 21 heavy (non-hydrogen) atoms. The van der Waals surface area contributed by atoms with Crippen molar-refractivity contribution in [2.24, 2.45) is 0 Å². The van der Waals surface area contributed by atoms with Gasteiger partial charge in [0.25, 0.3) is 0 Å². The minimum atomic E-state index is -0.854. The molecule has 0 aliphatic heterocycles. The predicted molar refractivity (Wildman–Crippen MR) is 79.3 cm³/mol. The van der Waals surface area contributed by atoms with E-state index in [4.69, 9.17) is 4.52 Å². The Kier molecular flexibility index (Phi) is 3.25. The number of hydrogen-bond donors (Lipinski definition) is 2. The molecule has 0 radical (unpaired) electrons. The normalized spacial score (nSPS) is 11.1. The maximum atomic E-state index is 11.2. The Morgan fingerprint density at radius 2 is 2.14 bits per heavy atom. The van der Waals surface area contributed by atoms with Crippen LogP contribution in [0.5, 0.6) is 0 Å². The lowest BCUT2D eigenvalue weighted by Crippen LogP contribution is -2.01. The van der Waals surface area contributed by atoms with Gasteiger partial charge in [-0.05, 0) is 25.0 Å². The second-order valence-corrected chi connectivity index (χ2v) is 5.01. The number of nitrogens with zero attached hydrogens (tertiary/aromatic N) is 1. The van der Waals surface area contributed by atoms with Crippen molar-refractivity contribution in [3.8, 4) is 11.3 Å². The highest BCUT2D eigenvalue weighted by atomic mass is 16.5. The van der Waals surface area contributed by atoms with Gasteiger partial charge in [-0.3, -0.25) is 4.79 Å². The van der Waals surface area contributed by atoms with Gasteiger partial charge in [0, 0.05) is 10.9 Å². The fourth-order valence-electron chi connectivity index (χ4n) is 2.73. The third-order valence-electron chi connectivity index (χ3n) is 3.66. The standard InChI is InChI=1S/C16H16N2O3/c1-3-12-15(9(2)21-18-12)16-11(8-14(19)20)10-6-4-5-7-13(10)17-16/h4-7,17H,3,8H2,1-2H3,(H,19,20). The molecule has 0 unspecified atom stereocenters. The lowest BCUT2D eigenvalue weighted by atomic mass is 10.0. The number of carboxylic acids is 1. The van der Waals surface area contributed by atoms with E-state index in [0.29, 0.717) is 5.76 Å². The number of H-pyrrole nitrogens is 1. The number of carboxylic acid groups (broad SMARTS) is 1. The SMILES string of the molecule is CCc1noc(C)c1-c1[nH]c2ccccc2c1CC(=O)O. The lowest BCUT2D eigenvalue weighted by molar-refractivity contribution is -0.136. The number of carbonyl (C=O) groups is 1. The van der Waals surface area contributed by atoms with Gasteiger partial charge in [-0.1, -0.05) is 30.3 Å². The summed E-state index contributed by atoms with van der Waals surface area (Å²) in [6, 6.07) is 7.71. The van der Waals surface area contributed by atoms with E-state index in [-0.39, 0.29) is 6.42 Å². The summed E-state index contributed by atoms with van der Waals surface area (Å²) in [6.45, 7) is 3.85. The van der Waals surface area contributed by atoms with E-state index in [2.05, 4.69) is 10.1 Å². The minimum Gasteiger partial charge on any atom is -0.481 e. The van der Waals surface area contributed by atoms with E-state index in [1.165, 1.54) is 0 Å². The number of nitrogens with one attached hydrogen (secondary N) is 1. The summed E-state index contributed by atoms with van der Waals surface area (Å²) in [4.78, 5) is 14.5. The van der Waals surface area contributed by atoms with Gasteiger partial charge in [-0.25, -0.2) is 0 Å². The first-order chi connectivity index (χ1) is 10.1. The Morgan fingerprint density at radius 1 is 1.38 bits per heavy atom. The van der Waals surface area contributed by atoms with Crippen LogP contribution in [-0.4, -0.2) is 21.2 Å². The summed E-state index contributed by atoms with van der Waals surface area (Å²) in [5, 5.41) is 14.2. The zero-order valence-corrected chi connectivity index (χ0v) is 11.9. The van der Waals surface area contributed by atoms with E-state index < -0.39 is 5.97 Å². The van der Waals surface area contributed by atoms with Crippen molar-refractivity contribution in [3.05, 3.63) is 41.3 Å². The van der Waals surface area contributed by atoms with Crippen molar-refractivity contribution >= 4 is 16.9 Å². The second-order valence-electron chi connectivity index (χ2n) is 5.01. The molecule has 3 rings (SSSR count). The van der Waals surface area contributed by atoms with Gasteiger partial charge in [0.1, 0.15) is 5.76 Å². The molecule has 2 aromatic heterocycles. The predicted octanol–water partition coefficient (Wildman–Crippen LogP) is 3.32. The number of aryl methyl sites for hydroxylation is 2. The molecule has 0 amide bonds. The van der Waals surface area contributed by atoms with Crippen LogP contribution in [-0.2, 0) is 17.6 Å². The van der Waals surface area contributed by atoms with Crippen LogP contribution >= 0.6 is 0 Å². The van der Waals surface area contributed by atoms with Crippen LogP contribution in [0.3, 0.4) is 0 Å². The topological polar surface area (TPSA) is 79.1 Å². The molecule has 0 bridgehead atoms. The third kappa shape index (κ3) is 2.20. The molecule has 0 atom stereocenters. The van der Waals surface area contributed by atoms with Crippen molar-refractivity contribution < 1.29 is 14.4 Å². The van der Waals surface area contributed by atoms with Gasteiger partial charge in [0.15, 0.2) is 0 Å². The zero-order valence-electron chi connectivity index (χ0n) is 11.9. The Labute approximate surface area is 121 Å². The fraction of sp³-hybridized carbons (Fsp3) is 0.250. The summed E-state index contributed by atoms with van der Waals surface area (Å²) in [5.41, 5.74) is 4.22. The number of para-hydroxylation sites is 1. The maximum absolute atomic E-state index is 11.2. The maximum Gasteiger partial charge on any atom is 0.307 e. The molecule has 0 saturated carbocycles. The molecule has 0 fully saturated rings. The highest BCUT2D eigenvalue weighted by Gasteiger charge is 2.21. The molecule has 0 aliphatic rings. The minimum absolute atomic E-state index is 0.0346. The molecule has 3 aromatic rings. The summed E-state index contributed by atoms with van der Waals surface area (Å²) in [7, 11) is 0. The average Bonchev–Trinajstić information content (AvgIpc) is 2.99. The van der Waals surface area contributed by atoms with Gasteiger partial charge < -0.3 is 14.6 Å². The monoisotopic (exact) mass is 284 g/mol. The summed E-state index contributed by atoms with van der Waals surface area (Å²) < 4.78 is 5.28. The smallest absolute Gasteiger partial charge is 0.307 e. The molecular formula is C16H16N2O3. The van der Waals surface area contributed by atoms with Gasteiger partial charge in [-0.15, -0.1) is 0 Å². The molecule has 108 valence electrons. The van der Waals surface area contributed by atoms with Crippen LogP contribution in [0.25, 0.3) is 22.2 Å². The molecule has 1 aromatic carbocycles. The molecule has 5 nitrogen and oxygen atoms in total. The van der Waals surface area contributed by atoms with Crippen molar-refractivity contribution in [1.82, 2.24) is 10.1 Å². The van der Waals surface area contributed by atoms with Crippen molar-refractivity contribution in [2.75, 3.05) is 0 Å². The van der Waals surface area contributed by atoms with Gasteiger partial charge in [0.05, 0.1) is 23.4 Å². The molecule has 2 N–H and O–H groups in total. The number of aliphatic carboxylic acids is 1. The lowest BCUT2D eigenvalue weighted by Gasteiger charge is -2.03.